The van der Waals surface area contributed by atoms with Crippen LogP contribution in [0.1, 0.15) is 26.3 Å². The highest BCUT2D eigenvalue weighted by Crippen LogP contribution is 2.26. The zero-order valence-electron chi connectivity index (χ0n) is 11.1. The number of ether oxygens (including phenoxy) is 1. The highest BCUT2D eigenvalue weighted by atomic mass is 79.9. The third-order valence-electron chi connectivity index (χ3n) is 2.94. The first kappa shape index (κ1) is 14.5. The Bertz CT molecular complexity index is 352. The fraction of sp³-hybridized carbons (Fsp3) is 0.571. The van der Waals surface area contributed by atoms with Crippen molar-refractivity contribution in [3.8, 4) is 5.75 Å². The molecular formula is C14H22BrNO. The molecule has 17 heavy (non-hydrogen) atoms. The fourth-order valence-electron chi connectivity index (χ4n) is 1.90. The van der Waals surface area contributed by atoms with Crippen molar-refractivity contribution >= 4 is 15.9 Å². The minimum atomic E-state index is 0.528. The molecule has 0 heterocycles. The zero-order chi connectivity index (χ0) is 12.8. The number of benzene rings is 1. The summed E-state index contributed by atoms with van der Waals surface area (Å²) in [6.07, 6.45) is 1.05. The molecule has 3 heteroatoms. The molecule has 0 aliphatic carbocycles. The van der Waals surface area contributed by atoms with Crippen molar-refractivity contribution in [2.75, 3.05) is 13.7 Å². The van der Waals surface area contributed by atoms with Crippen LogP contribution in [-0.2, 0) is 6.42 Å². The Morgan fingerprint density at radius 1 is 1.35 bits per heavy atom. The number of hydrogen-bond acceptors (Lipinski definition) is 2. The minimum Gasteiger partial charge on any atom is -0.496 e. The van der Waals surface area contributed by atoms with Crippen LogP contribution in [-0.4, -0.2) is 19.7 Å². The van der Waals surface area contributed by atoms with Crippen molar-refractivity contribution < 1.29 is 4.74 Å². The van der Waals surface area contributed by atoms with E-state index in [0.29, 0.717) is 12.0 Å². The first-order valence-corrected chi connectivity index (χ1v) is 6.93. The van der Waals surface area contributed by atoms with Gasteiger partial charge in [-0.15, -0.1) is 0 Å². The standard InChI is InChI=1S/C14H22BrNO/c1-5-16-13(10(2)3)9-11-6-7-14(17-4)12(15)8-11/h6-8,10,13,16H,5,9H2,1-4H3. The molecule has 2 nitrogen and oxygen atoms in total. The maximum atomic E-state index is 5.24. The van der Waals surface area contributed by atoms with Crippen molar-refractivity contribution in [3.63, 3.8) is 0 Å². The summed E-state index contributed by atoms with van der Waals surface area (Å²) in [6.45, 7) is 7.68. The molecule has 0 aliphatic heterocycles. The van der Waals surface area contributed by atoms with Gasteiger partial charge in [0.1, 0.15) is 5.75 Å². The second-order valence-corrected chi connectivity index (χ2v) is 5.44. The van der Waals surface area contributed by atoms with Crippen molar-refractivity contribution in [1.82, 2.24) is 5.32 Å². The van der Waals surface area contributed by atoms with E-state index in [0.717, 1.165) is 23.2 Å². The summed E-state index contributed by atoms with van der Waals surface area (Å²) < 4.78 is 6.26. The van der Waals surface area contributed by atoms with Crippen LogP contribution in [0.2, 0.25) is 0 Å². The van der Waals surface area contributed by atoms with E-state index in [1.165, 1.54) is 5.56 Å². The quantitative estimate of drug-likeness (QED) is 0.866. The molecule has 0 aliphatic rings. The van der Waals surface area contributed by atoms with E-state index in [9.17, 15) is 0 Å². The van der Waals surface area contributed by atoms with Gasteiger partial charge in [-0.05, 0) is 52.5 Å². The molecule has 0 radical (unpaired) electrons. The van der Waals surface area contributed by atoms with Gasteiger partial charge in [-0.3, -0.25) is 0 Å². The van der Waals surface area contributed by atoms with E-state index >= 15 is 0 Å². The second-order valence-electron chi connectivity index (χ2n) is 4.58. The Labute approximate surface area is 113 Å². The smallest absolute Gasteiger partial charge is 0.133 e. The molecule has 0 saturated carbocycles. The molecule has 1 unspecified atom stereocenters. The lowest BCUT2D eigenvalue weighted by molar-refractivity contribution is 0.402. The maximum absolute atomic E-state index is 5.24. The lowest BCUT2D eigenvalue weighted by Crippen LogP contribution is -2.35. The molecule has 1 rings (SSSR count). The number of likely N-dealkylation sites (N-methyl/N-ethyl adjacent to an activating group) is 1. The van der Waals surface area contributed by atoms with Gasteiger partial charge in [-0.25, -0.2) is 0 Å². The van der Waals surface area contributed by atoms with E-state index in [2.05, 4.69) is 54.2 Å². The van der Waals surface area contributed by atoms with Gasteiger partial charge in [0.15, 0.2) is 0 Å². The molecule has 1 aromatic rings. The third kappa shape index (κ3) is 4.32. The first-order valence-electron chi connectivity index (χ1n) is 6.14. The van der Waals surface area contributed by atoms with Gasteiger partial charge in [-0.2, -0.15) is 0 Å². The van der Waals surface area contributed by atoms with Crippen molar-refractivity contribution in [3.05, 3.63) is 28.2 Å². The monoisotopic (exact) mass is 299 g/mol. The lowest BCUT2D eigenvalue weighted by atomic mass is 9.96. The molecule has 0 bridgehead atoms. The lowest BCUT2D eigenvalue weighted by Gasteiger charge is -2.22. The Kier molecular flexibility index (Phi) is 6.00. The number of hydrogen-bond donors (Lipinski definition) is 1. The van der Waals surface area contributed by atoms with Crippen LogP contribution < -0.4 is 10.1 Å². The van der Waals surface area contributed by atoms with E-state index in [-0.39, 0.29) is 0 Å². The average molecular weight is 300 g/mol. The number of nitrogens with one attached hydrogen (secondary N) is 1. The zero-order valence-corrected chi connectivity index (χ0v) is 12.7. The Morgan fingerprint density at radius 3 is 2.53 bits per heavy atom. The van der Waals surface area contributed by atoms with E-state index in [1.807, 2.05) is 6.07 Å². The van der Waals surface area contributed by atoms with Gasteiger partial charge < -0.3 is 10.1 Å². The molecule has 1 atom stereocenters. The maximum Gasteiger partial charge on any atom is 0.133 e. The van der Waals surface area contributed by atoms with E-state index in [1.54, 1.807) is 7.11 Å². The Balaban J connectivity index is 2.76. The van der Waals surface area contributed by atoms with Crippen molar-refractivity contribution in [2.45, 2.75) is 33.2 Å². The molecule has 96 valence electrons. The van der Waals surface area contributed by atoms with E-state index < -0.39 is 0 Å². The van der Waals surface area contributed by atoms with Gasteiger partial charge >= 0.3 is 0 Å². The van der Waals surface area contributed by atoms with Gasteiger partial charge in [0, 0.05) is 6.04 Å². The highest BCUT2D eigenvalue weighted by molar-refractivity contribution is 9.10. The highest BCUT2D eigenvalue weighted by Gasteiger charge is 2.13. The van der Waals surface area contributed by atoms with E-state index in [4.69, 9.17) is 4.74 Å². The van der Waals surface area contributed by atoms with Crippen LogP contribution >= 0.6 is 15.9 Å². The summed E-state index contributed by atoms with van der Waals surface area (Å²) in [4.78, 5) is 0. The van der Waals surface area contributed by atoms with Gasteiger partial charge in [0.2, 0.25) is 0 Å². The predicted octanol–water partition coefficient (Wildman–Crippen LogP) is 3.63. The molecule has 0 amide bonds. The van der Waals surface area contributed by atoms with Crippen molar-refractivity contribution in [2.24, 2.45) is 5.92 Å². The van der Waals surface area contributed by atoms with Crippen molar-refractivity contribution in [1.29, 1.82) is 0 Å². The minimum absolute atomic E-state index is 0.528. The normalized spacial score (nSPS) is 12.8. The molecule has 0 spiro atoms. The molecule has 0 fully saturated rings. The summed E-state index contributed by atoms with van der Waals surface area (Å²) in [5, 5.41) is 3.53. The van der Waals surface area contributed by atoms with Crippen LogP contribution in [0.15, 0.2) is 22.7 Å². The van der Waals surface area contributed by atoms with Gasteiger partial charge in [-0.1, -0.05) is 26.8 Å². The number of halogens is 1. The topological polar surface area (TPSA) is 21.3 Å². The average Bonchev–Trinajstić information content (AvgIpc) is 2.28. The third-order valence-corrected chi connectivity index (χ3v) is 3.56. The van der Waals surface area contributed by atoms with Crippen LogP contribution in [0.4, 0.5) is 0 Å². The van der Waals surface area contributed by atoms with Gasteiger partial charge in [0.05, 0.1) is 11.6 Å². The number of rotatable bonds is 6. The summed E-state index contributed by atoms with van der Waals surface area (Å²) >= 11 is 3.53. The molecule has 1 N–H and O–H groups in total. The fourth-order valence-corrected chi connectivity index (χ4v) is 2.48. The molecule has 1 aromatic carbocycles. The Hall–Kier alpha value is -0.540. The predicted molar refractivity (Wildman–Crippen MR) is 76.7 cm³/mol. The second kappa shape index (κ2) is 7.02. The summed E-state index contributed by atoms with van der Waals surface area (Å²) in [7, 11) is 1.69. The summed E-state index contributed by atoms with van der Waals surface area (Å²) in [6, 6.07) is 6.82. The van der Waals surface area contributed by atoms with Gasteiger partial charge in [0.25, 0.3) is 0 Å². The molecule has 0 saturated heterocycles. The Morgan fingerprint density at radius 2 is 2.06 bits per heavy atom. The largest absolute Gasteiger partial charge is 0.496 e. The summed E-state index contributed by atoms with van der Waals surface area (Å²) in [5.74, 6) is 1.52. The number of methoxy groups -OCH3 is 1. The molecular weight excluding hydrogens is 278 g/mol. The van der Waals surface area contributed by atoms with Crippen LogP contribution in [0.5, 0.6) is 5.75 Å². The van der Waals surface area contributed by atoms with Crippen LogP contribution in [0, 0.1) is 5.92 Å². The van der Waals surface area contributed by atoms with Crippen LogP contribution in [0.3, 0.4) is 0 Å². The first-order chi connectivity index (χ1) is 8.08. The van der Waals surface area contributed by atoms with Crippen LogP contribution in [0.25, 0.3) is 0 Å². The SMILES string of the molecule is CCNC(Cc1ccc(OC)c(Br)c1)C(C)C. The molecule has 0 aromatic heterocycles. The summed E-state index contributed by atoms with van der Waals surface area (Å²) in [5.41, 5.74) is 1.33.